The Morgan fingerprint density at radius 2 is 2.09 bits per heavy atom. The molecule has 0 amide bonds. The van der Waals surface area contributed by atoms with Gasteiger partial charge in [-0.15, -0.1) is 0 Å². The Labute approximate surface area is 136 Å². The largest absolute Gasteiger partial charge is 0.394 e. The first-order valence-electron chi connectivity index (χ1n) is 7.87. The highest BCUT2D eigenvalue weighted by molar-refractivity contribution is 7.17. The highest BCUT2D eigenvalue weighted by atomic mass is 32.1. The van der Waals surface area contributed by atoms with Crippen LogP contribution in [-0.2, 0) is 4.74 Å². The number of hydrogen-bond acceptors (Lipinski definition) is 8. The fraction of sp³-hybridized carbons (Fsp3) is 0.643. The van der Waals surface area contributed by atoms with Gasteiger partial charge in [0.1, 0.15) is 10.9 Å². The molecule has 0 aromatic carbocycles. The minimum absolute atomic E-state index is 0.0382. The first-order chi connectivity index (χ1) is 11.2. The minimum atomic E-state index is -0.394. The number of nitrogens with two attached hydrogens (primary N) is 1. The normalized spacial score (nSPS) is 24.8. The van der Waals surface area contributed by atoms with Crippen molar-refractivity contribution in [3.8, 4) is 0 Å². The molecule has 0 aliphatic carbocycles. The number of rotatable bonds is 3. The van der Waals surface area contributed by atoms with Gasteiger partial charge in [-0.1, -0.05) is 11.3 Å². The number of thiazole rings is 1. The molecule has 0 spiro atoms. The van der Waals surface area contributed by atoms with Gasteiger partial charge in [0.25, 0.3) is 0 Å². The number of hydrogen-bond donors (Lipinski definition) is 2. The minimum Gasteiger partial charge on any atom is -0.394 e. The molecule has 2 aromatic heterocycles. The zero-order valence-electron chi connectivity index (χ0n) is 12.6. The smallest absolute Gasteiger partial charge is 0.311 e. The van der Waals surface area contributed by atoms with E-state index in [-0.39, 0.29) is 23.5 Å². The SMILES string of the molecule is Nc1nc(N2CCCC2)c2sc(=O)n([C@H]3CC[C@@H](CO)O3)c2n1. The molecule has 23 heavy (non-hydrogen) atoms. The lowest BCUT2D eigenvalue weighted by Gasteiger charge is -2.18. The third kappa shape index (κ3) is 2.48. The molecule has 2 atom stereocenters. The third-order valence-corrected chi connectivity index (χ3v) is 5.38. The maximum absolute atomic E-state index is 12.5. The summed E-state index contributed by atoms with van der Waals surface area (Å²) in [6, 6.07) is 0. The van der Waals surface area contributed by atoms with Gasteiger partial charge in [0.15, 0.2) is 11.5 Å². The molecule has 0 bridgehead atoms. The van der Waals surface area contributed by atoms with E-state index >= 15 is 0 Å². The molecule has 4 rings (SSSR count). The number of fused-ring (bicyclic) bond motifs is 1. The molecule has 124 valence electrons. The van der Waals surface area contributed by atoms with Gasteiger partial charge in [-0.25, -0.2) is 0 Å². The van der Waals surface area contributed by atoms with E-state index in [2.05, 4.69) is 14.9 Å². The molecule has 3 N–H and O–H groups in total. The standard InChI is InChI=1S/C14H19N5O3S/c15-13-16-11(18-5-1-2-6-18)10-12(17-13)19(14(21)23-10)9-4-3-8(7-20)22-9/h8-9,20H,1-7H2,(H2,15,16,17)/t8-,9+/m0/s1. The Morgan fingerprint density at radius 3 is 2.78 bits per heavy atom. The van der Waals surface area contributed by atoms with Crippen molar-refractivity contribution < 1.29 is 9.84 Å². The van der Waals surface area contributed by atoms with Crippen LogP contribution in [0.2, 0.25) is 0 Å². The summed E-state index contributed by atoms with van der Waals surface area (Å²) >= 11 is 1.14. The maximum Gasteiger partial charge on any atom is 0.311 e. The van der Waals surface area contributed by atoms with E-state index in [0.29, 0.717) is 12.1 Å². The quantitative estimate of drug-likeness (QED) is 0.849. The van der Waals surface area contributed by atoms with Crippen molar-refractivity contribution in [2.75, 3.05) is 30.3 Å². The highest BCUT2D eigenvalue weighted by Gasteiger charge is 2.30. The zero-order chi connectivity index (χ0) is 16.0. The zero-order valence-corrected chi connectivity index (χ0v) is 13.5. The second-order valence-corrected chi connectivity index (χ2v) is 6.92. The average Bonchev–Trinajstić information content (AvgIpc) is 3.24. The molecule has 2 saturated heterocycles. The van der Waals surface area contributed by atoms with Crippen LogP contribution in [0.15, 0.2) is 4.79 Å². The number of anilines is 2. The summed E-state index contributed by atoms with van der Waals surface area (Å²) < 4.78 is 8.08. The molecule has 0 saturated carbocycles. The summed E-state index contributed by atoms with van der Waals surface area (Å²) in [6.45, 7) is 1.80. The highest BCUT2D eigenvalue weighted by Crippen LogP contribution is 2.34. The van der Waals surface area contributed by atoms with Crippen LogP contribution in [0.3, 0.4) is 0 Å². The number of aliphatic hydroxyl groups excluding tert-OH is 1. The fourth-order valence-corrected chi connectivity index (χ4v) is 4.31. The molecular formula is C14H19N5O3S. The Bertz CT molecular complexity index is 783. The number of aliphatic hydroxyl groups is 1. The first kappa shape index (κ1) is 14.9. The topological polar surface area (TPSA) is 107 Å². The van der Waals surface area contributed by atoms with E-state index < -0.39 is 6.23 Å². The van der Waals surface area contributed by atoms with E-state index in [4.69, 9.17) is 10.5 Å². The summed E-state index contributed by atoms with van der Waals surface area (Å²) in [5.41, 5.74) is 6.42. The Balaban J connectivity index is 1.83. The lowest BCUT2D eigenvalue weighted by atomic mass is 10.2. The van der Waals surface area contributed by atoms with Gasteiger partial charge in [0.2, 0.25) is 5.95 Å². The molecule has 4 heterocycles. The van der Waals surface area contributed by atoms with Crippen molar-refractivity contribution in [3.63, 3.8) is 0 Å². The van der Waals surface area contributed by atoms with Crippen LogP contribution in [0.4, 0.5) is 11.8 Å². The lowest BCUT2D eigenvalue weighted by molar-refractivity contribution is -0.0214. The number of nitrogen functional groups attached to an aromatic ring is 1. The van der Waals surface area contributed by atoms with Crippen molar-refractivity contribution in [1.29, 1.82) is 0 Å². The summed E-state index contributed by atoms with van der Waals surface area (Å²) in [6.07, 6.45) is 3.02. The first-order valence-corrected chi connectivity index (χ1v) is 8.69. The second kappa shape index (κ2) is 5.73. The molecule has 2 aromatic rings. The van der Waals surface area contributed by atoms with Crippen LogP contribution in [-0.4, -0.2) is 45.4 Å². The Hall–Kier alpha value is -1.71. The molecule has 0 unspecified atom stereocenters. The summed E-state index contributed by atoms with van der Waals surface area (Å²) in [4.78, 5) is 23.2. The van der Waals surface area contributed by atoms with Gasteiger partial charge in [0.05, 0.1) is 12.7 Å². The molecule has 2 aliphatic heterocycles. The van der Waals surface area contributed by atoms with E-state index in [1.807, 2.05) is 0 Å². The Morgan fingerprint density at radius 1 is 1.30 bits per heavy atom. The summed E-state index contributed by atoms with van der Waals surface area (Å²) in [5, 5.41) is 9.23. The van der Waals surface area contributed by atoms with E-state index in [1.54, 1.807) is 4.57 Å². The van der Waals surface area contributed by atoms with Crippen molar-refractivity contribution in [2.45, 2.75) is 38.0 Å². The van der Waals surface area contributed by atoms with Gasteiger partial charge in [-0.05, 0) is 25.7 Å². The van der Waals surface area contributed by atoms with Gasteiger partial charge in [0, 0.05) is 13.1 Å². The van der Waals surface area contributed by atoms with Gasteiger partial charge in [-0.3, -0.25) is 9.36 Å². The molecule has 2 fully saturated rings. The van der Waals surface area contributed by atoms with Crippen molar-refractivity contribution in [2.24, 2.45) is 0 Å². The van der Waals surface area contributed by atoms with Gasteiger partial charge < -0.3 is 20.5 Å². The van der Waals surface area contributed by atoms with E-state index in [1.165, 1.54) is 0 Å². The van der Waals surface area contributed by atoms with E-state index in [9.17, 15) is 9.90 Å². The average molecular weight is 337 g/mol. The van der Waals surface area contributed by atoms with Gasteiger partial charge in [-0.2, -0.15) is 9.97 Å². The van der Waals surface area contributed by atoms with Crippen LogP contribution in [0.25, 0.3) is 10.3 Å². The van der Waals surface area contributed by atoms with Gasteiger partial charge >= 0.3 is 4.87 Å². The summed E-state index contributed by atoms with van der Waals surface area (Å²) in [7, 11) is 0. The number of aromatic nitrogens is 3. The molecule has 0 radical (unpaired) electrons. The second-order valence-electron chi connectivity index (χ2n) is 5.96. The fourth-order valence-electron chi connectivity index (χ4n) is 3.33. The van der Waals surface area contributed by atoms with Crippen molar-refractivity contribution >= 4 is 33.5 Å². The lowest BCUT2D eigenvalue weighted by Crippen LogP contribution is -2.22. The number of ether oxygens (including phenoxy) is 1. The van der Waals surface area contributed by atoms with Crippen LogP contribution in [0.1, 0.15) is 31.9 Å². The predicted molar refractivity (Wildman–Crippen MR) is 87.8 cm³/mol. The number of nitrogens with zero attached hydrogens (tertiary/aromatic N) is 4. The van der Waals surface area contributed by atoms with E-state index in [0.717, 1.165) is 54.2 Å². The van der Waals surface area contributed by atoms with Crippen LogP contribution >= 0.6 is 11.3 Å². The van der Waals surface area contributed by atoms with Crippen LogP contribution in [0, 0.1) is 0 Å². The molecule has 2 aliphatic rings. The van der Waals surface area contributed by atoms with Crippen LogP contribution < -0.4 is 15.5 Å². The summed E-state index contributed by atoms with van der Waals surface area (Å²) in [5.74, 6) is 0.921. The Kier molecular flexibility index (Phi) is 3.70. The predicted octanol–water partition coefficient (Wildman–Crippen LogP) is 0.705. The monoisotopic (exact) mass is 337 g/mol. The van der Waals surface area contributed by atoms with Crippen molar-refractivity contribution in [3.05, 3.63) is 9.67 Å². The van der Waals surface area contributed by atoms with Crippen LogP contribution in [0.5, 0.6) is 0 Å². The molecule has 9 heteroatoms. The third-order valence-electron chi connectivity index (χ3n) is 4.44. The van der Waals surface area contributed by atoms with Crippen molar-refractivity contribution in [1.82, 2.24) is 14.5 Å². The molecule has 8 nitrogen and oxygen atoms in total. The maximum atomic E-state index is 12.5. The molecular weight excluding hydrogens is 318 g/mol.